The smallest absolute Gasteiger partial charge is 0.192 e. The average molecular weight is 165 g/mol. The van der Waals surface area contributed by atoms with E-state index in [1.54, 1.807) is 6.20 Å². The molecule has 0 amide bonds. The Morgan fingerprint density at radius 1 is 1.58 bits per heavy atom. The van der Waals surface area contributed by atoms with Gasteiger partial charge >= 0.3 is 0 Å². The van der Waals surface area contributed by atoms with Gasteiger partial charge in [-0.2, -0.15) is 0 Å². The first kappa shape index (κ1) is 8.52. The standard InChI is InChI=1S/C8H11N3O/c1-7-3-4-8(9-5-7)11-10-6-12-2/h3-6H,1-2H3,(H,9,11)/b10-6+. The van der Waals surface area contributed by atoms with Gasteiger partial charge in [-0.1, -0.05) is 6.07 Å². The molecule has 0 saturated carbocycles. The molecule has 0 unspecified atom stereocenters. The van der Waals surface area contributed by atoms with Gasteiger partial charge in [0.2, 0.25) is 0 Å². The number of anilines is 1. The van der Waals surface area contributed by atoms with Gasteiger partial charge in [-0.25, -0.2) is 4.98 Å². The Labute approximate surface area is 71.3 Å². The molecule has 0 aliphatic carbocycles. The Kier molecular flexibility index (Phi) is 3.07. The lowest BCUT2D eigenvalue weighted by Gasteiger charge is -1.97. The summed E-state index contributed by atoms with van der Waals surface area (Å²) in [4.78, 5) is 4.07. The lowest BCUT2D eigenvalue weighted by atomic mass is 10.3. The number of hydrogen-bond acceptors (Lipinski definition) is 4. The monoisotopic (exact) mass is 165 g/mol. The lowest BCUT2D eigenvalue weighted by molar-refractivity contribution is 0.422. The molecular weight excluding hydrogens is 154 g/mol. The van der Waals surface area contributed by atoms with Crippen LogP contribution in [0.5, 0.6) is 0 Å². The minimum atomic E-state index is 0.703. The van der Waals surface area contributed by atoms with Crippen molar-refractivity contribution in [2.24, 2.45) is 5.10 Å². The van der Waals surface area contributed by atoms with Crippen LogP contribution in [0.3, 0.4) is 0 Å². The molecule has 1 N–H and O–H groups in total. The Morgan fingerprint density at radius 2 is 2.42 bits per heavy atom. The minimum Gasteiger partial charge on any atom is -0.485 e. The number of pyridine rings is 1. The van der Waals surface area contributed by atoms with Gasteiger partial charge in [0.1, 0.15) is 5.82 Å². The number of nitrogens with zero attached hydrogens (tertiary/aromatic N) is 2. The van der Waals surface area contributed by atoms with Crippen molar-refractivity contribution in [2.75, 3.05) is 12.5 Å². The Hall–Kier alpha value is -1.58. The van der Waals surface area contributed by atoms with Crippen molar-refractivity contribution in [3.05, 3.63) is 23.9 Å². The quantitative estimate of drug-likeness (QED) is 0.418. The summed E-state index contributed by atoms with van der Waals surface area (Å²) >= 11 is 0. The van der Waals surface area contributed by atoms with Crippen LogP contribution in [0.4, 0.5) is 5.82 Å². The Morgan fingerprint density at radius 3 is 3.00 bits per heavy atom. The van der Waals surface area contributed by atoms with Crippen molar-refractivity contribution in [3.63, 3.8) is 0 Å². The zero-order chi connectivity index (χ0) is 8.81. The molecule has 1 heterocycles. The highest BCUT2D eigenvalue weighted by molar-refractivity contribution is 5.49. The highest BCUT2D eigenvalue weighted by Gasteiger charge is 1.88. The van der Waals surface area contributed by atoms with Crippen LogP contribution in [-0.2, 0) is 4.74 Å². The van der Waals surface area contributed by atoms with Crippen LogP contribution >= 0.6 is 0 Å². The van der Waals surface area contributed by atoms with Crippen LogP contribution in [-0.4, -0.2) is 18.5 Å². The zero-order valence-corrected chi connectivity index (χ0v) is 7.11. The minimum absolute atomic E-state index is 0.703. The Balaban J connectivity index is 2.53. The molecule has 12 heavy (non-hydrogen) atoms. The number of methoxy groups -OCH3 is 1. The van der Waals surface area contributed by atoms with Crippen molar-refractivity contribution in [3.8, 4) is 0 Å². The van der Waals surface area contributed by atoms with Gasteiger partial charge < -0.3 is 4.74 Å². The fourth-order valence-electron chi connectivity index (χ4n) is 0.679. The molecule has 0 atom stereocenters. The largest absolute Gasteiger partial charge is 0.485 e. The van der Waals surface area contributed by atoms with Crippen molar-refractivity contribution in [2.45, 2.75) is 6.92 Å². The van der Waals surface area contributed by atoms with Crippen molar-refractivity contribution >= 4 is 12.2 Å². The second-order valence-electron chi connectivity index (χ2n) is 2.30. The van der Waals surface area contributed by atoms with E-state index in [1.165, 1.54) is 13.5 Å². The lowest BCUT2D eigenvalue weighted by Crippen LogP contribution is -1.92. The highest BCUT2D eigenvalue weighted by atomic mass is 16.5. The van der Waals surface area contributed by atoms with Gasteiger partial charge in [0.15, 0.2) is 6.40 Å². The van der Waals surface area contributed by atoms with Gasteiger partial charge in [0, 0.05) is 6.20 Å². The highest BCUT2D eigenvalue weighted by Crippen LogP contribution is 2.02. The van der Waals surface area contributed by atoms with E-state index in [9.17, 15) is 0 Å². The summed E-state index contributed by atoms with van der Waals surface area (Å²) < 4.78 is 4.61. The van der Waals surface area contributed by atoms with E-state index in [0.717, 1.165) is 5.56 Å². The van der Waals surface area contributed by atoms with E-state index < -0.39 is 0 Å². The zero-order valence-electron chi connectivity index (χ0n) is 7.11. The first-order valence-corrected chi connectivity index (χ1v) is 3.56. The SMILES string of the molecule is CO/C=N/Nc1ccc(C)cn1. The maximum Gasteiger partial charge on any atom is 0.192 e. The molecule has 1 rings (SSSR count). The summed E-state index contributed by atoms with van der Waals surface area (Å²) in [5.74, 6) is 0.703. The summed E-state index contributed by atoms with van der Waals surface area (Å²) in [5, 5.41) is 3.73. The van der Waals surface area contributed by atoms with Gasteiger partial charge in [-0.05, 0) is 18.6 Å². The summed E-state index contributed by atoms with van der Waals surface area (Å²) in [5.41, 5.74) is 3.83. The van der Waals surface area contributed by atoms with Gasteiger partial charge in [0.05, 0.1) is 7.11 Å². The Bertz CT molecular complexity index is 256. The normalized spacial score (nSPS) is 10.2. The van der Waals surface area contributed by atoms with E-state index in [0.29, 0.717) is 5.82 Å². The van der Waals surface area contributed by atoms with Crippen LogP contribution in [0.1, 0.15) is 5.56 Å². The van der Waals surface area contributed by atoms with E-state index in [-0.39, 0.29) is 0 Å². The molecule has 0 aromatic carbocycles. The van der Waals surface area contributed by atoms with E-state index in [2.05, 4.69) is 20.2 Å². The first-order valence-electron chi connectivity index (χ1n) is 3.56. The number of ether oxygens (including phenoxy) is 1. The van der Waals surface area contributed by atoms with Crippen molar-refractivity contribution < 1.29 is 4.74 Å². The molecule has 0 aliphatic heterocycles. The topological polar surface area (TPSA) is 46.5 Å². The maximum absolute atomic E-state index is 4.61. The molecule has 4 nitrogen and oxygen atoms in total. The summed E-state index contributed by atoms with van der Waals surface area (Å²) in [6.45, 7) is 1.98. The molecule has 0 aliphatic rings. The van der Waals surface area contributed by atoms with Crippen molar-refractivity contribution in [1.82, 2.24) is 4.98 Å². The summed E-state index contributed by atoms with van der Waals surface area (Å²) in [6.07, 6.45) is 3.08. The van der Waals surface area contributed by atoms with Crippen LogP contribution in [0.15, 0.2) is 23.4 Å². The molecule has 1 aromatic rings. The third-order valence-corrected chi connectivity index (χ3v) is 1.25. The van der Waals surface area contributed by atoms with Gasteiger partial charge in [-0.3, -0.25) is 5.43 Å². The fraction of sp³-hybridized carbons (Fsp3) is 0.250. The molecule has 0 fully saturated rings. The molecule has 0 saturated heterocycles. The third kappa shape index (κ3) is 2.57. The third-order valence-electron chi connectivity index (χ3n) is 1.25. The number of nitrogens with one attached hydrogen (secondary N) is 1. The molecular formula is C8H11N3O. The second-order valence-corrected chi connectivity index (χ2v) is 2.30. The molecule has 0 radical (unpaired) electrons. The van der Waals surface area contributed by atoms with Gasteiger partial charge in [-0.15, -0.1) is 5.10 Å². The van der Waals surface area contributed by atoms with Crippen LogP contribution < -0.4 is 5.43 Å². The number of hydrazone groups is 1. The number of aryl methyl sites for hydroxylation is 1. The van der Waals surface area contributed by atoms with Gasteiger partial charge in [0.25, 0.3) is 0 Å². The van der Waals surface area contributed by atoms with E-state index >= 15 is 0 Å². The van der Waals surface area contributed by atoms with Crippen LogP contribution in [0, 0.1) is 6.92 Å². The predicted molar refractivity (Wildman–Crippen MR) is 48.1 cm³/mol. The summed E-state index contributed by atoms with van der Waals surface area (Å²) in [7, 11) is 1.54. The first-order chi connectivity index (χ1) is 5.83. The molecule has 0 spiro atoms. The predicted octanol–water partition coefficient (Wildman–Crippen LogP) is 1.39. The number of aromatic nitrogens is 1. The van der Waals surface area contributed by atoms with E-state index in [1.807, 2.05) is 19.1 Å². The molecule has 1 aromatic heterocycles. The van der Waals surface area contributed by atoms with Crippen molar-refractivity contribution in [1.29, 1.82) is 0 Å². The van der Waals surface area contributed by atoms with E-state index in [4.69, 9.17) is 0 Å². The maximum atomic E-state index is 4.61. The average Bonchev–Trinajstić information content (AvgIpc) is 2.09. The fourth-order valence-corrected chi connectivity index (χ4v) is 0.679. The molecule has 64 valence electrons. The number of rotatable bonds is 3. The second kappa shape index (κ2) is 4.33. The summed E-state index contributed by atoms with van der Waals surface area (Å²) in [6, 6.07) is 3.81. The van der Waals surface area contributed by atoms with Crippen LogP contribution in [0.25, 0.3) is 0 Å². The van der Waals surface area contributed by atoms with Crippen LogP contribution in [0.2, 0.25) is 0 Å². The number of hydrogen-bond donors (Lipinski definition) is 1. The molecule has 4 heteroatoms. The molecule has 0 bridgehead atoms.